The van der Waals surface area contributed by atoms with Crippen LogP contribution in [0.5, 0.6) is 0 Å². The number of aromatic nitrogens is 1. The average molecular weight is 644 g/mol. The van der Waals surface area contributed by atoms with Gasteiger partial charge in [0.1, 0.15) is 23.9 Å². The van der Waals surface area contributed by atoms with E-state index in [-0.39, 0.29) is 42.8 Å². The molecule has 0 radical (unpaired) electrons. The largest absolute Gasteiger partial charge is 0.361 e. The normalized spacial score (nSPS) is 21.2. The summed E-state index contributed by atoms with van der Waals surface area (Å²) in [7, 11) is 0. The van der Waals surface area contributed by atoms with Crippen molar-refractivity contribution in [3.8, 4) is 0 Å². The van der Waals surface area contributed by atoms with Gasteiger partial charge in [0, 0.05) is 55.2 Å². The number of nitrogens with one attached hydrogen (secondary N) is 5. The van der Waals surface area contributed by atoms with Gasteiger partial charge in [-0.25, -0.2) is 0 Å². The summed E-state index contributed by atoms with van der Waals surface area (Å²) >= 11 is 0. The van der Waals surface area contributed by atoms with Crippen molar-refractivity contribution in [1.82, 2.24) is 26.3 Å². The first-order chi connectivity index (χ1) is 22.6. The third-order valence-corrected chi connectivity index (χ3v) is 8.68. The van der Waals surface area contributed by atoms with Crippen LogP contribution < -0.4 is 21.3 Å². The van der Waals surface area contributed by atoms with E-state index in [0.29, 0.717) is 44.9 Å². The number of fused-ring (bicyclic) bond motifs is 1. The molecule has 252 valence electrons. The maximum Gasteiger partial charge on any atom is 0.243 e. The number of carbonyl (C=O) groups is 5. The molecule has 1 aromatic heterocycles. The molecule has 47 heavy (non-hydrogen) atoms. The van der Waals surface area contributed by atoms with Gasteiger partial charge in [-0.05, 0) is 42.4 Å². The third-order valence-electron chi connectivity index (χ3n) is 8.68. The van der Waals surface area contributed by atoms with Gasteiger partial charge in [0.05, 0.1) is 0 Å². The number of Topliss-reactive ketones (excluding diaryl/α,β-unsaturated/α-hetero) is 1. The van der Waals surface area contributed by atoms with Crippen LogP contribution in [0.3, 0.4) is 0 Å². The molecule has 0 saturated carbocycles. The van der Waals surface area contributed by atoms with Crippen LogP contribution in [0.2, 0.25) is 0 Å². The van der Waals surface area contributed by atoms with E-state index in [2.05, 4.69) is 26.3 Å². The number of carbonyl (C=O) groups excluding carboxylic acids is 5. The molecule has 0 unspecified atom stereocenters. The van der Waals surface area contributed by atoms with Crippen molar-refractivity contribution < 1.29 is 24.0 Å². The Morgan fingerprint density at radius 3 is 2.17 bits per heavy atom. The maximum atomic E-state index is 14.0. The van der Waals surface area contributed by atoms with E-state index < -0.39 is 36.0 Å². The van der Waals surface area contributed by atoms with Crippen molar-refractivity contribution in [2.45, 2.75) is 109 Å². The number of hydrogen-bond acceptors (Lipinski definition) is 5. The predicted molar refractivity (Wildman–Crippen MR) is 182 cm³/mol. The molecule has 10 heteroatoms. The Kier molecular flexibility index (Phi) is 13.1. The van der Waals surface area contributed by atoms with Crippen molar-refractivity contribution in [3.05, 3.63) is 71.9 Å². The van der Waals surface area contributed by atoms with Crippen LogP contribution in [0.4, 0.5) is 0 Å². The Hall–Kier alpha value is -4.47. The Morgan fingerprint density at radius 2 is 1.43 bits per heavy atom. The fraction of sp³-hybridized carbons (Fsp3) is 0.486. The summed E-state index contributed by atoms with van der Waals surface area (Å²) in [5, 5.41) is 12.8. The van der Waals surface area contributed by atoms with Gasteiger partial charge in [0.25, 0.3) is 0 Å². The number of aromatic amines is 1. The first kappa shape index (κ1) is 35.4. The Bertz CT molecular complexity index is 1520. The SMILES string of the molecule is CCC(=O)CCCCC[C@@H]1NC(=O)[C@H](Cc2ccccc2)NC(=O)C[C@H](CC(C)C)NC(=O)[C@H](Cc2c[nH]c3ccccc23)NC1=O. The smallest absolute Gasteiger partial charge is 0.243 e. The summed E-state index contributed by atoms with van der Waals surface area (Å²) < 4.78 is 0. The van der Waals surface area contributed by atoms with E-state index >= 15 is 0 Å². The predicted octanol–water partition coefficient (Wildman–Crippen LogP) is 4.27. The number of benzene rings is 2. The molecule has 1 aliphatic heterocycles. The molecule has 3 aromatic rings. The summed E-state index contributed by atoms with van der Waals surface area (Å²) in [6.07, 6.45) is 6.16. The van der Waals surface area contributed by atoms with E-state index in [9.17, 15) is 24.0 Å². The zero-order chi connectivity index (χ0) is 33.8. The fourth-order valence-electron chi connectivity index (χ4n) is 6.17. The summed E-state index contributed by atoms with van der Waals surface area (Å²) in [5.41, 5.74) is 2.65. The second kappa shape index (κ2) is 17.4. The van der Waals surface area contributed by atoms with Crippen LogP contribution in [-0.4, -0.2) is 58.6 Å². The van der Waals surface area contributed by atoms with Gasteiger partial charge in [0.2, 0.25) is 23.6 Å². The van der Waals surface area contributed by atoms with Gasteiger partial charge in [-0.1, -0.05) is 82.1 Å². The number of para-hydroxylation sites is 1. The Balaban J connectivity index is 1.63. The number of rotatable bonds is 13. The molecule has 2 aromatic carbocycles. The minimum Gasteiger partial charge on any atom is -0.361 e. The molecule has 4 rings (SSSR count). The molecule has 10 nitrogen and oxygen atoms in total. The van der Waals surface area contributed by atoms with E-state index in [0.717, 1.165) is 22.0 Å². The second-order valence-electron chi connectivity index (χ2n) is 13.0. The molecule has 1 saturated heterocycles. The number of amides is 4. The van der Waals surface area contributed by atoms with E-state index in [1.807, 2.05) is 81.6 Å². The molecular weight excluding hydrogens is 594 g/mol. The Morgan fingerprint density at radius 1 is 0.766 bits per heavy atom. The van der Waals surface area contributed by atoms with Crippen molar-refractivity contribution in [3.63, 3.8) is 0 Å². The number of ketones is 1. The highest BCUT2D eigenvalue weighted by atomic mass is 16.2. The lowest BCUT2D eigenvalue weighted by atomic mass is 9.98. The lowest BCUT2D eigenvalue weighted by Crippen LogP contribution is -2.57. The number of H-pyrrole nitrogens is 1. The van der Waals surface area contributed by atoms with E-state index in [4.69, 9.17) is 0 Å². The lowest BCUT2D eigenvalue weighted by Gasteiger charge is -2.25. The summed E-state index contributed by atoms with van der Waals surface area (Å²) in [5.74, 6) is -1.28. The van der Waals surface area contributed by atoms with Crippen LogP contribution in [-0.2, 0) is 36.8 Å². The van der Waals surface area contributed by atoms with Gasteiger partial charge >= 0.3 is 0 Å². The molecule has 2 heterocycles. The quantitative estimate of drug-likeness (QED) is 0.176. The molecule has 5 N–H and O–H groups in total. The van der Waals surface area contributed by atoms with Gasteiger partial charge in [-0.3, -0.25) is 24.0 Å². The zero-order valence-electron chi connectivity index (χ0n) is 27.8. The van der Waals surface area contributed by atoms with Crippen LogP contribution in [0.1, 0.15) is 83.3 Å². The summed E-state index contributed by atoms with van der Waals surface area (Å²) in [6, 6.07) is 13.9. The van der Waals surface area contributed by atoms with Crippen molar-refractivity contribution >= 4 is 40.3 Å². The van der Waals surface area contributed by atoms with Crippen molar-refractivity contribution in [2.24, 2.45) is 5.92 Å². The van der Waals surface area contributed by atoms with Crippen LogP contribution in [0, 0.1) is 5.92 Å². The van der Waals surface area contributed by atoms with E-state index in [1.54, 1.807) is 0 Å². The van der Waals surface area contributed by atoms with Gasteiger partial charge in [-0.2, -0.15) is 0 Å². The van der Waals surface area contributed by atoms with Gasteiger partial charge in [0.15, 0.2) is 0 Å². The van der Waals surface area contributed by atoms with Crippen molar-refractivity contribution in [2.75, 3.05) is 0 Å². The second-order valence-corrected chi connectivity index (χ2v) is 13.0. The highest BCUT2D eigenvalue weighted by Gasteiger charge is 2.33. The maximum absolute atomic E-state index is 14.0. The minimum atomic E-state index is -0.943. The molecular formula is C37H49N5O5. The minimum absolute atomic E-state index is 0.00382. The number of unbranched alkanes of at least 4 members (excludes halogenated alkanes) is 2. The lowest BCUT2D eigenvalue weighted by molar-refractivity contribution is -0.133. The van der Waals surface area contributed by atoms with E-state index in [1.165, 1.54) is 0 Å². The number of hydrogen-bond donors (Lipinski definition) is 5. The van der Waals surface area contributed by atoms with Gasteiger partial charge in [-0.15, -0.1) is 0 Å². The van der Waals surface area contributed by atoms with Crippen LogP contribution >= 0.6 is 0 Å². The molecule has 0 bridgehead atoms. The first-order valence-corrected chi connectivity index (χ1v) is 16.9. The summed E-state index contributed by atoms with van der Waals surface area (Å²) in [6.45, 7) is 5.88. The molecule has 4 amide bonds. The summed E-state index contributed by atoms with van der Waals surface area (Å²) in [4.78, 5) is 70.1. The Labute approximate surface area is 277 Å². The molecule has 4 atom stereocenters. The molecule has 1 fully saturated rings. The first-order valence-electron chi connectivity index (χ1n) is 16.9. The zero-order valence-corrected chi connectivity index (χ0v) is 27.8. The monoisotopic (exact) mass is 643 g/mol. The molecule has 0 spiro atoms. The molecule has 0 aliphatic carbocycles. The molecule has 1 aliphatic rings. The highest BCUT2D eigenvalue weighted by molar-refractivity contribution is 5.95. The van der Waals surface area contributed by atoms with Crippen LogP contribution in [0.25, 0.3) is 10.9 Å². The highest BCUT2D eigenvalue weighted by Crippen LogP contribution is 2.20. The van der Waals surface area contributed by atoms with Gasteiger partial charge < -0.3 is 26.3 Å². The average Bonchev–Trinajstić information content (AvgIpc) is 3.45. The third kappa shape index (κ3) is 10.8. The topological polar surface area (TPSA) is 149 Å². The van der Waals surface area contributed by atoms with Crippen molar-refractivity contribution in [1.29, 1.82) is 0 Å². The standard InChI is InChI=1S/C37H49N5O5/c1-4-28(43)15-9-6-10-18-31-35(45)42-33(21-26-23-38-30-17-12-11-16-29(26)30)36(46)39-27(19-24(2)3)22-34(44)40-32(37(47)41-31)20-25-13-7-5-8-14-25/h5,7-8,11-14,16-17,23-24,27,31-33,38H,4,6,9-10,15,18-22H2,1-3H3,(H,39,46)(H,40,44)(H,41,47)(H,42,45)/t27-,31-,32-,33-/m0/s1. The fourth-order valence-corrected chi connectivity index (χ4v) is 6.17. The van der Waals surface area contributed by atoms with Crippen LogP contribution in [0.15, 0.2) is 60.8 Å².